The molecule has 0 spiro atoms. The van der Waals surface area contributed by atoms with Gasteiger partial charge in [0.2, 0.25) is 0 Å². The number of unbranched alkanes of at least 4 members (excludes halogenated alkanes) is 58. The van der Waals surface area contributed by atoms with Crippen molar-refractivity contribution in [2.24, 2.45) is 0 Å². The van der Waals surface area contributed by atoms with E-state index < -0.39 is 24.3 Å². The Kier molecular flexibility index (Phi) is 71.8. The molecule has 0 aliphatic heterocycles. The van der Waals surface area contributed by atoms with Crippen LogP contribution in [0.3, 0.4) is 0 Å². The molecule has 538 valence electrons. The lowest BCUT2D eigenvalue weighted by atomic mass is 10.0. The van der Waals surface area contributed by atoms with Crippen LogP contribution in [0, 0.1) is 0 Å². The summed E-state index contributed by atoms with van der Waals surface area (Å²) >= 11 is 0. The highest BCUT2D eigenvalue weighted by atomic mass is 16.7. The molecular weight excluding hydrogens is 1130 g/mol. The maximum absolute atomic E-state index is 13.0. The molecule has 0 saturated carbocycles. The summed E-state index contributed by atoms with van der Waals surface area (Å²) in [5, 5.41) is 11.9. The van der Waals surface area contributed by atoms with Crippen molar-refractivity contribution in [3.63, 3.8) is 0 Å². The molecule has 0 radical (unpaired) electrons. The molecule has 0 aliphatic rings. The van der Waals surface area contributed by atoms with Crippen LogP contribution >= 0.6 is 0 Å². The summed E-state index contributed by atoms with van der Waals surface area (Å²) in [6.45, 7) is 4.83. The Morgan fingerprint density at radius 2 is 0.560 bits per heavy atom. The van der Waals surface area contributed by atoms with Gasteiger partial charge >= 0.3 is 11.9 Å². The second-order valence-corrected chi connectivity index (χ2v) is 29.1. The van der Waals surface area contributed by atoms with Crippen LogP contribution in [0.1, 0.15) is 425 Å². The largest absolute Gasteiger partial charge is 0.545 e. The van der Waals surface area contributed by atoms with Gasteiger partial charge in [0.15, 0.2) is 12.4 Å². The Morgan fingerprint density at radius 1 is 0.319 bits per heavy atom. The van der Waals surface area contributed by atoms with E-state index in [0.717, 1.165) is 38.5 Å². The molecule has 91 heavy (non-hydrogen) atoms. The summed E-state index contributed by atoms with van der Waals surface area (Å²) in [6, 6.07) is 0. The van der Waals surface area contributed by atoms with Gasteiger partial charge in [0.1, 0.15) is 13.2 Å². The first-order valence-corrected chi connectivity index (χ1v) is 40.5. The number of rotatable bonds is 77. The number of likely N-dealkylation sites (N-methyl/N-ethyl adjacent to an activating group) is 1. The maximum atomic E-state index is 13.0. The number of carbonyl (C=O) groups is 3. The van der Waals surface area contributed by atoms with E-state index in [0.29, 0.717) is 17.4 Å². The molecule has 0 aromatic carbocycles. The second kappa shape index (κ2) is 73.6. The van der Waals surface area contributed by atoms with Crippen LogP contribution in [0.4, 0.5) is 0 Å². The number of aliphatic carboxylic acids is 1. The monoisotopic (exact) mass is 1280 g/mol. The predicted molar refractivity (Wildman–Crippen MR) is 390 cm³/mol. The van der Waals surface area contributed by atoms with Gasteiger partial charge in [0.25, 0.3) is 0 Å². The molecule has 0 heterocycles. The van der Waals surface area contributed by atoms with Gasteiger partial charge in [-0.25, -0.2) is 0 Å². The van der Waals surface area contributed by atoms with E-state index in [-0.39, 0.29) is 32.2 Å². The van der Waals surface area contributed by atoms with Crippen molar-refractivity contribution in [1.82, 2.24) is 0 Å². The van der Waals surface area contributed by atoms with Gasteiger partial charge in [-0.05, 0) is 64.2 Å². The van der Waals surface area contributed by atoms with Crippen LogP contribution in [-0.4, -0.2) is 82.3 Å². The van der Waals surface area contributed by atoms with E-state index in [2.05, 4.69) is 38.2 Å². The Balaban J connectivity index is 3.95. The van der Waals surface area contributed by atoms with Crippen LogP contribution in [0.25, 0.3) is 0 Å². The molecule has 2 atom stereocenters. The van der Waals surface area contributed by atoms with Gasteiger partial charge in [-0.1, -0.05) is 372 Å². The Morgan fingerprint density at radius 3 is 0.813 bits per heavy atom. The Labute approximate surface area is 567 Å². The van der Waals surface area contributed by atoms with E-state index in [9.17, 15) is 19.5 Å². The SMILES string of the molecule is CCCCCCCCCC/C=C\CCCCCCCCCCCCCCCCCCCCCCCCCCCC(=O)OC(COC(=O)CCCCCCCCCCCCCCCCCCC/C=C\CCCCCCCCCC)COC(OCC[N+](C)(C)C)C(=O)[O-]. The predicted octanol–water partition coefficient (Wildman–Crippen LogP) is 24.4. The van der Waals surface area contributed by atoms with E-state index in [4.69, 9.17) is 18.9 Å². The lowest BCUT2D eigenvalue weighted by Gasteiger charge is -2.26. The fourth-order valence-corrected chi connectivity index (χ4v) is 12.5. The first kappa shape index (κ1) is 88.8. The van der Waals surface area contributed by atoms with Crippen LogP contribution in [-0.2, 0) is 33.3 Å². The third kappa shape index (κ3) is 75.0. The molecule has 0 bridgehead atoms. The van der Waals surface area contributed by atoms with Gasteiger partial charge in [-0.3, -0.25) is 9.59 Å². The van der Waals surface area contributed by atoms with Crippen LogP contribution in [0.2, 0.25) is 0 Å². The summed E-state index contributed by atoms with van der Waals surface area (Å²) in [5.41, 5.74) is 0. The van der Waals surface area contributed by atoms with Crippen LogP contribution < -0.4 is 5.11 Å². The van der Waals surface area contributed by atoms with E-state index in [1.165, 1.54) is 360 Å². The number of carboxylic acids is 1. The molecular formula is C82H157NO8. The first-order valence-electron chi connectivity index (χ1n) is 40.5. The molecule has 0 N–H and O–H groups in total. The first-order chi connectivity index (χ1) is 44.6. The third-order valence-electron chi connectivity index (χ3n) is 18.7. The third-order valence-corrected chi connectivity index (χ3v) is 18.7. The molecule has 9 nitrogen and oxygen atoms in total. The molecule has 0 fully saturated rings. The zero-order chi connectivity index (χ0) is 66.1. The van der Waals surface area contributed by atoms with Gasteiger partial charge in [0, 0.05) is 12.8 Å². The minimum absolute atomic E-state index is 0.152. The highest BCUT2D eigenvalue weighted by Gasteiger charge is 2.22. The standard InChI is InChI=1S/C82H157NO8/c1-6-8-10-12-14-16-18-20-22-24-26-28-30-32-34-36-37-38-39-40-41-42-43-45-47-49-51-53-55-57-59-61-63-65-67-69-71-73-80(85)91-78(77-90-82(81(86)87)88-75-74-83(3,4)5)76-89-79(84)72-70-68-66-64-62-60-58-56-54-52-50-48-46-44-35-33-31-29-27-25-23-21-19-17-15-13-11-9-7-2/h24-27,78,82H,6-23,28-77H2,1-5H3/b26-24-,27-25-. The highest BCUT2D eigenvalue weighted by Crippen LogP contribution is 2.20. The number of quaternary nitrogens is 1. The molecule has 0 aromatic rings. The van der Waals surface area contributed by atoms with E-state index in [1.807, 2.05) is 21.1 Å². The summed E-state index contributed by atoms with van der Waals surface area (Å²) in [7, 11) is 5.95. The fourth-order valence-electron chi connectivity index (χ4n) is 12.5. The smallest absolute Gasteiger partial charge is 0.306 e. The average Bonchev–Trinajstić information content (AvgIpc) is 3.50. The zero-order valence-corrected chi connectivity index (χ0v) is 61.8. The van der Waals surface area contributed by atoms with Crippen molar-refractivity contribution in [1.29, 1.82) is 0 Å². The number of esters is 2. The van der Waals surface area contributed by atoms with Crippen molar-refractivity contribution < 1.29 is 42.9 Å². The summed E-state index contributed by atoms with van der Waals surface area (Å²) in [5.74, 6) is -2.25. The number of nitrogens with zero attached hydrogens (tertiary/aromatic N) is 1. The van der Waals surface area contributed by atoms with Gasteiger partial charge in [-0.15, -0.1) is 0 Å². The lowest BCUT2D eigenvalue weighted by molar-refractivity contribution is -0.870. The van der Waals surface area contributed by atoms with Crippen molar-refractivity contribution >= 4 is 17.9 Å². The zero-order valence-electron chi connectivity index (χ0n) is 61.8. The Bertz CT molecular complexity index is 1540. The van der Waals surface area contributed by atoms with E-state index in [1.54, 1.807) is 0 Å². The van der Waals surface area contributed by atoms with Gasteiger partial charge in [0.05, 0.1) is 40.3 Å². The quantitative estimate of drug-likeness (QED) is 0.0195. The van der Waals surface area contributed by atoms with Crippen molar-refractivity contribution in [2.75, 3.05) is 47.5 Å². The molecule has 0 aliphatic carbocycles. The second-order valence-electron chi connectivity index (χ2n) is 29.1. The molecule has 9 heteroatoms. The number of carboxylic acid groups (broad SMARTS) is 1. The minimum Gasteiger partial charge on any atom is -0.545 e. The van der Waals surface area contributed by atoms with Gasteiger partial charge in [-0.2, -0.15) is 0 Å². The summed E-state index contributed by atoms with van der Waals surface area (Å²) in [4.78, 5) is 37.6. The average molecular weight is 1290 g/mol. The fraction of sp³-hybridized carbons (Fsp3) is 0.915. The number of carbonyl (C=O) groups excluding carboxylic acids is 3. The van der Waals surface area contributed by atoms with E-state index >= 15 is 0 Å². The number of ether oxygens (including phenoxy) is 4. The lowest BCUT2D eigenvalue weighted by Crippen LogP contribution is -2.44. The normalized spacial score (nSPS) is 12.7. The molecule has 0 saturated heterocycles. The Hall–Kier alpha value is -2.23. The minimum atomic E-state index is -1.62. The van der Waals surface area contributed by atoms with Crippen molar-refractivity contribution in [3.8, 4) is 0 Å². The topological polar surface area (TPSA) is 111 Å². The molecule has 2 unspecified atom stereocenters. The number of hydrogen-bond donors (Lipinski definition) is 0. The molecule has 0 amide bonds. The van der Waals surface area contributed by atoms with Crippen molar-refractivity contribution in [2.45, 2.75) is 437 Å². The summed E-state index contributed by atoms with van der Waals surface area (Å²) < 4.78 is 22.9. The van der Waals surface area contributed by atoms with Crippen molar-refractivity contribution in [3.05, 3.63) is 24.3 Å². The maximum Gasteiger partial charge on any atom is 0.306 e. The van der Waals surface area contributed by atoms with Crippen LogP contribution in [0.15, 0.2) is 24.3 Å². The van der Waals surface area contributed by atoms with Crippen LogP contribution in [0.5, 0.6) is 0 Å². The van der Waals surface area contributed by atoms with Gasteiger partial charge < -0.3 is 33.3 Å². The number of hydrogen-bond acceptors (Lipinski definition) is 8. The number of allylic oxidation sites excluding steroid dienone is 4. The highest BCUT2D eigenvalue weighted by molar-refractivity contribution is 5.70. The molecule has 0 aromatic heterocycles. The summed E-state index contributed by atoms with van der Waals surface area (Å²) in [6.07, 6.45) is 90.3. The molecule has 0 rings (SSSR count).